The Morgan fingerprint density at radius 1 is 0.960 bits per heavy atom. The van der Waals surface area contributed by atoms with E-state index in [1.54, 1.807) is 7.05 Å². The third-order valence-electron chi connectivity index (χ3n) is 3.38. The molecule has 0 spiro atoms. The van der Waals surface area contributed by atoms with Crippen LogP contribution in [0.15, 0.2) is 22.7 Å². The fourth-order valence-corrected chi connectivity index (χ4v) is 4.51. The monoisotopic (exact) mass is 415 g/mol. The van der Waals surface area contributed by atoms with Crippen molar-refractivity contribution in [2.75, 3.05) is 23.5 Å². The number of amides is 1. The van der Waals surface area contributed by atoms with Crippen molar-refractivity contribution in [2.45, 2.75) is 16.5 Å². The van der Waals surface area contributed by atoms with Gasteiger partial charge in [0.2, 0.25) is 5.91 Å². The van der Waals surface area contributed by atoms with Crippen molar-refractivity contribution in [3.05, 3.63) is 28.5 Å². The van der Waals surface area contributed by atoms with Gasteiger partial charge in [-0.25, -0.2) is 19.9 Å². The van der Waals surface area contributed by atoms with Gasteiger partial charge in [0.05, 0.1) is 11.5 Å². The SMILES string of the molecule is CN1C(=O)CSc2ncnc(Cl)c21.O=C1CSc2ncnc(Cl)c2C1. The summed E-state index contributed by atoms with van der Waals surface area (Å²) in [7, 11) is 1.68. The van der Waals surface area contributed by atoms with Gasteiger partial charge >= 0.3 is 0 Å². The zero-order valence-electron chi connectivity index (χ0n) is 12.9. The molecule has 0 bridgehead atoms. The zero-order chi connectivity index (χ0) is 18.0. The van der Waals surface area contributed by atoms with Crippen LogP contribution in [-0.4, -0.2) is 50.2 Å². The highest BCUT2D eigenvalue weighted by Crippen LogP contribution is 2.36. The molecule has 25 heavy (non-hydrogen) atoms. The molecular weight excluding hydrogens is 405 g/mol. The number of Topliss-reactive ketones (excluding diaryl/α,β-unsaturated/α-hetero) is 1. The lowest BCUT2D eigenvalue weighted by molar-refractivity contribution is -0.116. The molecule has 0 N–H and O–H groups in total. The molecule has 7 nitrogen and oxygen atoms in total. The van der Waals surface area contributed by atoms with E-state index in [0.717, 1.165) is 15.6 Å². The quantitative estimate of drug-likeness (QED) is 0.606. The van der Waals surface area contributed by atoms with E-state index in [9.17, 15) is 9.59 Å². The Labute approximate surface area is 161 Å². The Balaban J connectivity index is 0.000000146. The van der Waals surface area contributed by atoms with Crippen molar-refractivity contribution in [3.63, 3.8) is 0 Å². The highest BCUT2D eigenvalue weighted by molar-refractivity contribution is 8.00. The maximum absolute atomic E-state index is 11.3. The zero-order valence-corrected chi connectivity index (χ0v) is 16.0. The number of hydrogen-bond donors (Lipinski definition) is 0. The van der Waals surface area contributed by atoms with Gasteiger partial charge < -0.3 is 4.90 Å². The highest BCUT2D eigenvalue weighted by Gasteiger charge is 2.25. The number of rotatable bonds is 0. The summed E-state index contributed by atoms with van der Waals surface area (Å²) in [5, 5.41) is 2.34. The smallest absolute Gasteiger partial charge is 0.237 e. The summed E-state index contributed by atoms with van der Waals surface area (Å²) in [6, 6.07) is 0. The maximum Gasteiger partial charge on any atom is 0.237 e. The second kappa shape index (κ2) is 7.86. The lowest BCUT2D eigenvalue weighted by Gasteiger charge is -2.24. The summed E-state index contributed by atoms with van der Waals surface area (Å²) in [6.45, 7) is 0. The summed E-state index contributed by atoms with van der Waals surface area (Å²) in [4.78, 5) is 39.5. The third kappa shape index (κ3) is 4.05. The average molecular weight is 416 g/mol. The van der Waals surface area contributed by atoms with E-state index in [1.165, 1.54) is 41.1 Å². The molecule has 4 heterocycles. The molecular formula is C14H11Cl2N5O2S2. The van der Waals surface area contributed by atoms with Crippen molar-refractivity contribution >= 4 is 64.1 Å². The summed E-state index contributed by atoms with van der Waals surface area (Å²) in [5.41, 5.74) is 1.39. The van der Waals surface area contributed by atoms with Crippen molar-refractivity contribution in [1.82, 2.24) is 19.9 Å². The minimum absolute atomic E-state index is 0.0224. The van der Waals surface area contributed by atoms with E-state index < -0.39 is 0 Å². The topological polar surface area (TPSA) is 88.9 Å². The van der Waals surface area contributed by atoms with Crippen LogP contribution in [0.3, 0.4) is 0 Å². The summed E-state index contributed by atoms with van der Waals surface area (Å²) < 4.78 is 0. The van der Waals surface area contributed by atoms with Crippen LogP contribution in [-0.2, 0) is 16.0 Å². The van der Waals surface area contributed by atoms with Crippen molar-refractivity contribution in [2.24, 2.45) is 0 Å². The van der Waals surface area contributed by atoms with E-state index >= 15 is 0 Å². The number of aromatic nitrogens is 4. The summed E-state index contributed by atoms with van der Waals surface area (Å²) >= 11 is 14.4. The largest absolute Gasteiger partial charge is 0.310 e. The molecule has 1 amide bonds. The van der Waals surface area contributed by atoms with Gasteiger partial charge in [-0.2, -0.15) is 0 Å². The normalized spacial score (nSPS) is 15.9. The number of fused-ring (bicyclic) bond motifs is 2. The number of anilines is 1. The number of carbonyl (C=O) groups excluding carboxylic acids is 2. The van der Waals surface area contributed by atoms with Crippen LogP contribution in [0.5, 0.6) is 0 Å². The molecule has 0 saturated heterocycles. The van der Waals surface area contributed by atoms with Gasteiger partial charge in [0.15, 0.2) is 5.15 Å². The Morgan fingerprint density at radius 2 is 1.60 bits per heavy atom. The Bertz CT molecular complexity index is 852. The average Bonchev–Trinajstić information content (AvgIpc) is 2.60. The lowest BCUT2D eigenvalue weighted by atomic mass is 10.2. The maximum atomic E-state index is 11.3. The van der Waals surface area contributed by atoms with E-state index in [2.05, 4.69) is 19.9 Å². The predicted octanol–water partition coefficient (Wildman–Crippen LogP) is 2.55. The minimum atomic E-state index is 0.0224. The third-order valence-corrected chi connectivity index (χ3v) is 6.04. The predicted molar refractivity (Wildman–Crippen MR) is 97.7 cm³/mol. The molecule has 0 fully saturated rings. The van der Waals surface area contributed by atoms with Gasteiger partial charge in [-0.05, 0) is 0 Å². The van der Waals surface area contributed by atoms with Gasteiger partial charge in [-0.3, -0.25) is 9.59 Å². The second-order valence-corrected chi connectivity index (χ2v) is 7.66. The number of thioether (sulfide) groups is 2. The number of nitrogens with zero attached hydrogens (tertiary/aromatic N) is 5. The second-order valence-electron chi connectivity index (χ2n) is 5.01. The Morgan fingerprint density at radius 3 is 2.36 bits per heavy atom. The van der Waals surface area contributed by atoms with E-state index in [4.69, 9.17) is 23.2 Å². The van der Waals surface area contributed by atoms with Gasteiger partial charge in [-0.1, -0.05) is 46.7 Å². The first-order valence-corrected chi connectivity index (χ1v) is 9.73. The molecule has 2 aliphatic heterocycles. The minimum Gasteiger partial charge on any atom is -0.310 e. The van der Waals surface area contributed by atoms with Gasteiger partial charge in [0.25, 0.3) is 0 Å². The number of halogens is 2. The van der Waals surface area contributed by atoms with Crippen LogP contribution in [0, 0.1) is 0 Å². The van der Waals surface area contributed by atoms with Crippen molar-refractivity contribution < 1.29 is 9.59 Å². The van der Waals surface area contributed by atoms with Crippen LogP contribution in [0.4, 0.5) is 5.69 Å². The van der Waals surface area contributed by atoms with Gasteiger partial charge in [0.1, 0.15) is 39.3 Å². The van der Waals surface area contributed by atoms with E-state index in [0.29, 0.717) is 33.9 Å². The molecule has 2 aromatic heterocycles. The number of carbonyl (C=O) groups is 2. The molecule has 0 radical (unpaired) electrons. The van der Waals surface area contributed by atoms with Crippen molar-refractivity contribution in [1.29, 1.82) is 0 Å². The Hall–Kier alpha value is -1.42. The number of hydrogen-bond acceptors (Lipinski definition) is 8. The Kier molecular flexibility index (Phi) is 5.78. The van der Waals surface area contributed by atoms with E-state index in [1.807, 2.05) is 0 Å². The molecule has 11 heteroatoms. The van der Waals surface area contributed by atoms with Crippen molar-refractivity contribution in [3.8, 4) is 0 Å². The van der Waals surface area contributed by atoms with Crippen LogP contribution in [0.25, 0.3) is 0 Å². The first-order valence-electron chi connectivity index (χ1n) is 7.01. The molecule has 4 rings (SSSR count). The first-order chi connectivity index (χ1) is 12.0. The molecule has 2 aromatic rings. The molecule has 0 unspecified atom stereocenters. The van der Waals surface area contributed by atoms with Gasteiger partial charge in [0, 0.05) is 19.0 Å². The van der Waals surface area contributed by atoms with Crippen LogP contribution >= 0.6 is 46.7 Å². The molecule has 2 aliphatic rings. The summed E-state index contributed by atoms with van der Waals surface area (Å²) in [6.07, 6.45) is 3.20. The molecule has 130 valence electrons. The lowest BCUT2D eigenvalue weighted by Crippen LogP contribution is -2.32. The molecule has 0 saturated carbocycles. The molecule has 0 atom stereocenters. The van der Waals surface area contributed by atoms with Gasteiger partial charge in [-0.15, -0.1) is 0 Å². The number of ketones is 1. The van der Waals surface area contributed by atoms with Crippen LogP contribution in [0.1, 0.15) is 5.56 Å². The standard InChI is InChI=1S/C7H6ClN3OS.C7H5ClN2OS/c1-11-4(12)2-13-7-5(11)6(8)9-3-10-7;8-6-5-1-4(11)2-12-7(5)10-3-9-6/h3H,2H2,1H3;3H,1-2H2. The fourth-order valence-electron chi connectivity index (χ4n) is 2.13. The first kappa shape index (κ1) is 18.4. The fraction of sp³-hybridized carbons (Fsp3) is 0.286. The molecule has 0 aromatic carbocycles. The summed E-state index contributed by atoms with van der Waals surface area (Å²) in [5.74, 6) is 1.12. The highest BCUT2D eigenvalue weighted by atomic mass is 35.5. The van der Waals surface area contributed by atoms with E-state index in [-0.39, 0.29) is 11.7 Å². The van der Waals surface area contributed by atoms with Crippen LogP contribution < -0.4 is 4.90 Å². The van der Waals surface area contributed by atoms with Crippen LogP contribution in [0.2, 0.25) is 10.3 Å². The molecule has 0 aliphatic carbocycles.